The molecule has 2 aromatic heterocycles. The summed E-state index contributed by atoms with van der Waals surface area (Å²) in [6.07, 6.45) is 6.63. The number of unbranched alkanes of at least 4 members (excludes halogenated alkanes) is 2. The highest BCUT2D eigenvalue weighted by Crippen LogP contribution is 2.27. The average molecular weight is 376 g/mol. The van der Waals surface area contributed by atoms with Crippen molar-refractivity contribution in [3.63, 3.8) is 0 Å². The molecular formula is C23H21FN2O2. The second-order valence-corrected chi connectivity index (χ2v) is 6.83. The van der Waals surface area contributed by atoms with Gasteiger partial charge in [0.05, 0.1) is 5.56 Å². The van der Waals surface area contributed by atoms with Gasteiger partial charge in [-0.1, -0.05) is 38.0 Å². The SMILES string of the molecule is CCCCCn1cc(C(=O)Oc2cccc3cccnc23)c2cc(F)ccc21. The van der Waals surface area contributed by atoms with E-state index in [1.807, 2.05) is 28.8 Å². The zero-order chi connectivity index (χ0) is 19.5. The lowest BCUT2D eigenvalue weighted by Gasteiger charge is -2.06. The number of carbonyl (C=O) groups excluding carboxylic acids is 1. The number of rotatable bonds is 6. The summed E-state index contributed by atoms with van der Waals surface area (Å²) >= 11 is 0. The van der Waals surface area contributed by atoms with Crippen molar-refractivity contribution in [1.82, 2.24) is 9.55 Å². The van der Waals surface area contributed by atoms with Gasteiger partial charge >= 0.3 is 5.97 Å². The third kappa shape index (κ3) is 3.48. The number of carbonyl (C=O) groups is 1. The lowest BCUT2D eigenvalue weighted by Crippen LogP contribution is -2.08. The highest BCUT2D eigenvalue weighted by Gasteiger charge is 2.19. The monoisotopic (exact) mass is 376 g/mol. The minimum atomic E-state index is -0.511. The summed E-state index contributed by atoms with van der Waals surface area (Å²) in [6, 6.07) is 13.7. The molecule has 0 saturated carbocycles. The van der Waals surface area contributed by atoms with Crippen molar-refractivity contribution in [2.45, 2.75) is 32.7 Å². The highest BCUT2D eigenvalue weighted by molar-refractivity contribution is 6.05. The Kier molecular flexibility index (Phi) is 5.06. The van der Waals surface area contributed by atoms with Crippen LogP contribution in [0.3, 0.4) is 0 Å². The van der Waals surface area contributed by atoms with Crippen molar-refractivity contribution < 1.29 is 13.9 Å². The maximum absolute atomic E-state index is 13.9. The molecule has 0 aliphatic heterocycles. The first-order chi connectivity index (χ1) is 13.7. The van der Waals surface area contributed by atoms with Gasteiger partial charge in [0.25, 0.3) is 0 Å². The molecule has 0 fully saturated rings. The summed E-state index contributed by atoms with van der Waals surface area (Å²) in [7, 11) is 0. The number of para-hydroxylation sites is 1. The van der Waals surface area contributed by atoms with Crippen LogP contribution in [-0.4, -0.2) is 15.5 Å². The van der Waals surface area contributed by atoms with E-state index in [2.05, 4.69) is 11.9 Å². The Bertz CT molecular complexity index is 1140. The predicted octanol–water partition coefficient (Wildman–Crippen LogP) is 5.74. The number of benzene rings is 2. The number of fused-ring (bicyclic) bond motifs is 2. The Hall–Kier alpha value is -3.21. The van der Waals surface area contributed by atoms with E-state index in [1.165, 1.54) is 12.1 Å². The van der Waals surface area contributed by atoms with Gasteiger partial charge in [0, 0.05) is 35.2 Å². The number of ether oxygens (including phenoxy) is 1. The van der Waals surface area contributed by atoms with E-state index in [9.17, 15) is 9.18 Å². The number of aromatic nitrogens is 2. The van der Waals surface area contributed by atoms with E-state index in [4.69, 9.17) is 4.74 Å². The maximum Gasteiger partial charge on any atom is 0.345 e. The third-order valence-corrected chi connectivity index (χ3v) is 4.86. The van der Waals surface area contributed by atoms with Crippen molar-refractivity contribution in [3.8, 4) is 5.75 Å². The largest absolute Gasteiger partial charge is 0.421 e. The number of hydrogen-bond donors (Lipinski definition) is 0. The average Bonchev–Trinajstić information content (AvgIpc) is 3.06. The molecule has 142 valence electrons. The van der Waals surface area contributed by atoms with Crippen LogP contribution in [0.2, 0.25) is 0 Å². The lowest BCUT2D eigenvalue weighted by atomic mass is 10.1. The number of pyridine rings is 1. The van der Waals surface area contributed by atoms with Crippen LogP contribution in [0, 0.1) is 5.82 Å². The van der Waals surface area contributed by atoms with Gasteiger partial charge in [0.1, 0.15) is 11.3 Å². The summed E-state index contributed by atoms with van der Waals surface area (Å²) in [5.41, 5.74) is 1.82. The summed E-state index contributed by atoms with van der Waals surface area (Å²) in [5, 5.41) is 1.45. The molecule has 2 aromatic carbocycles. The fourth-order valence-corrected chi connectivity index (χ4v) is 3.46. The van der Waals surface area contributed by atoms with Crippen LogP contribution in [0.5, 0.6) is 5.75 Å². The fourth-order valence-electron chi connectivity index (χ4n) is 3.46. The first-order valence-corrected chi connectivity index (χ1v) is 9.51. The molecule has 0 spiro atoms. The first kappa shape index (κ1) is 18.2. The second kappa shape index (κ2) is 7.80. The molecule has 2 heterocycles. The van der Waals surface area contributed by atoms with Gasteiger partial charge in [-0.05, 0) is 36.8 Å². The molecule has 4 rings (SSSR count). The van der Waals surface area contributed by atoms with E-state index < -0.39 is 5.97 Å². The second-order valence-electron chi connectivity index (χ2n) is 6.83. The van der Waals surface area contributed by atoms with Crippen molar-refractivity contribution >= 4 is 27.8 Å². The topological polar surface area (TPSA) is 44.1 Å². The normalized spacial score (nSPS) is 11.2. The summed E-state index contributed by atoms with van der Waals surface area (Å²) in [4.78, 5) is 17.3. The van der Waals surface area contributed by atoms with Crippen molar-refractivity contribution in [2.24, 2.45) is 0 Å². The van der Waals surface area contributed by atoms with Gasteiger partial charge in [-0.2, -0.15) is 0 Å². The minimum Gasteiger partial charge on any atom is -0.421 e. The summed E-state index contributed by atoms with van der Waals surface area (Å²) in [6.45, 7) is 2.92. The van der Waals surface area contributed by atoms with E-state index >= 15 is 0 Å². The van der Waals surface area contributed by atoms with Gasteiger partial charge in [-0.3, -0.25) is 4.98 Å². The Morgan fingerprint density at radius 3 is 2.86 bits per heavy atom. The Balaban J connectivity index is 1.71. The predicted molar refractivity (Wildman–Crippen MR) is 108 cm³/mol. The van der Waals surface area contributed by atoms with Gasteiger partial charge in [-0.25, -0.2) is 9.18 Å². The van der Waals surface area contributed by atoms with E-state index in [0.717, 1.165) is 36.7 Å². The van der Waals surface area contributed by atoms with Gasteiger partial charge < -0.3 is 9.30 Å². The quantitative estimate of drug-likeness (QED) is 0.245. The summed E-state index contributed by atoms with van der Waals surface area (Å²) in [5.74, 6) is -0.492. The third-order valence-electron chi connectivity index (χ3n) is 4.86. The molecule has 0 N–H and O–H groups in total. The summed E-state index contributed by atoms with van der Waals surface area (Å²) < 4.78 is 21.5. The fraction of sp³-hybridized carbons (Fsp3) is 0.217. The van der Waals surface area contributed by atoms with Crippen LogP contribution in [0.4, 0.5) is 4.39 Å². The molecule has 0 radical (unpaired) electrons. The van der Waals surface area contributed by atoms with Crippen molar-refractivity contribution in [3.05, 3.63) is 72.3 Å². The van der Waals surface area contributed by atoms with E-state index in [-0.39, 0.29) is 5.82 Å². The van der Waals surface area contributed by atoms with Crippen LogP contribution >= 0.6 is 0 Å². The Labute approximate surface area is 162 Å². The van der Waals surface area contributed by atoms with E-state index in [1.54, 1.807) is 24.5 Å². The van der Waals surface area contributed by atoms with Gasteiger partial charge in [-0.15, -0.1) is 0 Å². The van der Waals surface area contributed by atoms with Crippen molar-refractivity contribution in [1.29, 1.82) is 0 Å². The molecule has 0 bridgehead atoms. The zero-order valence-corrected chi connectivity index (χ0v) is 15.7. The number of esters is 1. The molecule has 28 heavy (non-hydrogen) atoms. The number of aryl methyl sites for hydroxylation is 1. The number of halogens is 1. The van der Waals surface area contributed by atoms with Crippen LogP contribution in [0.1, 0.15) is 36.5 Å². The molecule has 0 amide bonds. The van der Waals surface area contributed by atoms with Crippen LogP contribution in [0.15, 0.2) is 60.9 Å². The molecule has 5 heteroatoms. The molecule has 0 atom stereocenters. The van der Waals surface area contributed by atoms with Crippen molar-refractivity contribution in [2.75, 3.05) is 0 Å². The molecule has 0 aliphatic rings. The standard InChI is InChI=1S/C23H21FN2O2/c1-2-3-4-13-26-15-19(18-14-17(24)10-11-20(18)26)23(27)28-21-9-5-7-16-8-6-12-25-22(16)21/h5-12,14-15H,2-4,13H2,1H3. The number of hydrogen-bond acceptors (Lipinski definition) is 3. The minimum absolute atomic E-state index is 0.360. The molecular weight excluding hydrogens is 355 g/mol. The molecule has 0 aliphatic carbocycles. The molecule has 0 unspecified atom stereocenters. The highest BCUT2D eigenvalue weighted by atomic mass is 19.1. The molecule has 4 nitrogen and oxygen atoms in total. The Morgan fingerprint density at radius 1 is 1.14 bits per heavy atom. The number of nitrogens with zero attached hydrogens (tertiary/aromatic N) is 2. The first-order valence-electron chi connectivity index (χ1n) is 9.51. The maximum atomic E-state index is 13.9. The van der Waals surface area contributed by atoms with Crippen LogP contribution in [0.25, 0.3) is 21.8 Å². The molecule has 4 aromatic rings. The van der Waals surface area contributed by atoms with Crippen LogP contribution < -0.4 is 4.74 Å². The van der Waals surface area contributed by atoms with Crippen LogP contribution in [-0.2, 0) is 6.54 Å². The molecule has 0 saturated heterocycles. The zero-order valence-electron chi connectivity index (χ0n) is 15.7. The lowest BCUT2D eigenvalue weighted by molar-refractivity contribution is 0.0738. The van der Waals surface area contributed by atoms with Gasteiger partial charge in [0.2, 0.25) is 0 Å². The Morgan fingerprint density at radius 2 is 2.00 bits per heavy atom. The smallest absolute Gasteiger partial charge is 0.345 e. The van der Waals surface area contributed by atoms with Gasteiger partial charge in [0.15, 0.2) is 5.75 Å². The van der Waals surface area contributed by atoms with E-state index in [0.29, 0.717) is 22.2 Å².